The second-order valence-electron chi connectivity index (χ2n) is 5.92. The third kappa shape index (κ3) is 3.66. The Morgan fingerprint density at radius 2 is 1.62 bits per heavy atom. The van der Waals surface area contributed by atoms with Crippen LogP contribution in [0.25, 0.3) is 0 Å². The maximum atomic E-state index is 2.34. The first-order valence-electron chi connectivity index (χ1n) is 6.55. The van der Waals surface area contributed by atoms with Gasteiger partial charge in [-0.25, -0.2) is 0 Å². The van der Waals surface area contributed by atoms with Crippen molar-refractivity contribution in [3.05, 3.63) is 35.4 Å². The topological polar surface area (TPSA) is 0 Å². The number of hydrogen-bond acceptors (Lipinski definition) is 0. The molecule has 0 aliphatic heterocycles. The summed E-state index contributed by atoms with van der Waals surface area (Å²) in [5.74, 6) is 0.703. The molecule has 1 atom stereocenters. The Kier molecular flexibility index (Phi) is 4.58. The zero-order chi connectivity index (χ0) is 12.2. The number of benzene rings is 1. The normalized spacial score (nSPS) is 13.8. The lowest BCUT2D eigenvalue weighted by Crippen LogP contribution is -2.10. The van der Waals surface area contributed by atoms with Gasteiger partial charge in [-0.3, -0.25) is 0 Å². The van der Waals surface area contributed by atoms with Gasteiger partial charge in [-0.2, -0.15) is 0 Å². The minimum atomic E-state index is 0.269. The molecule has 0 heteroatoms. The van der Waals surface area contributed by atoms with Gasteiger partial charge in [0.25, 0.3) is 0 Å². The highest BCUT2D eigenvalue weighted by Crippen LogP contribution is 2.26. The van der Waals surface area contributed by atoms with Crippen LogP contribution >= 0.6 is 0 Å². The molecule has 16 heavy (non-hydrogen) atoms. The summed E-state index contributed by atoms with van der Waals surface area (Å²) < 4.78 is 0. The van der Waals surface area contributed by atoms with E-state index < -0.39 is 0 Å². The summed E-state index contributed by atoms with van der Waals surface area (Å²) in [4.78, 5) is 0. The summed E-state index contributed by atoms with van der Waals surface area (Å²) in [5, 5.41) is 0. The van der Waals surface area contributed by atoms with Crippen LogP contribution in [0.2, 0.25) is 0 Å². The van der Waals surface area contributed by atoms with Crippen molar-refractivity contribution in [1.29, 1.82) is 0 Å². The van der Waals surface area contributed by atoms with Crippen molar-refractivity contribution < 1.29 is 0 Å². The molecule has 1 unspecified atom stereocenters. The Hall–Kier alpha value is -0.780. The lowest BCUT2D eigenvalue weighted by atomic mass is 9.85. The van der Waals surface area contributed by atoms with Crippen LogP contribution in [-0.4, -0.2) is 0 Å². The molecule has 0 nitrogen and oxygen atoms in total. The summed E-state index contributed by atoms with van der Waals surface area (Å²) in [7, 11) is 0. The lowest BCUT2D eigenvalue weighted by Gasteiger charge is -2.20. The van der Waals surface area contributed by atoms with E-state index in [4.69, 9.17) is 0 Å². The van der Waals surface area contributed by atoms with Crippen LogP contribution in [0.3, 0.4) is 0 Å². The summed E-state index contributed by atoms with van der Waals surface area (Å²) >= 11 is 0. The van der Waals surface area contributed by atoms with Crippen molar-refractivity contribution in [3.8, 4) is 0 Å². The maximum Gasteiger partial charge on any atom is -0.0132 e. The smallest absolute Gasteiger partial charge is 0.0132 e. The van der Waals surface area contributed by atoms with Gasteiger partial charge in [0.2, 0.25) is 0 Å². The van der Waals surface area contributed by atoms with E-state index in [9.17, 15) is 0 Å². The largest absolute Gasteiger partial charge is 0.0654 e. The highest BCUT2D eigenvalue weighted by molar-refractivity contribution is 5.29. The molecule has 1 aromatic carbocycles. The summed E-state index contributed by atoms with van der Waals surface area (Å²) in [6, 6.07) is 9.19. The molecule has 0 bridgehead atoms. The average Bonchev–Trinajstić information content (AvgIpc) is 2.25. The molecule has 0 N–H and O–H groups in total. The molecule has 0 saturated heterocycles. The van der Waals surface area contributed by atoms with E-state index in [2.05, 4.69) is 58.9 Å². The zero-order valence-corrected chi connectivity index (χ0v) is 11.5. The van der Waals surface area contributed by atoms with Crippen LogP contribution in [0, 0.1) is 0 Å². The first-order valence-corrected chi connectivity index (χ1v) is 6.55. The van der Waals surface area contributed by atoms with Crippen molar-refractivity contribution in [2.75, 3.05) is 0 Å². The Morgan fingerprint density at radius 3 is 2.06 bits per heavy atom. The van der Waals surface area contributed by atoms with Gasteiger partial charge in [-0.15, -0.1) is 0 Å². The van der Waals surface area contributed by atoms with E-state index in [-0.39, 0.29) is 5.41 Å². The van der Waals surface area contributed by atoms with Crippen LogP contribution < -0.4 is 0 Å². The SMILES string of the molecule is CCCCC(C)c1ccc(C(C)(C)C)cc1. The summed E-state index contributed by atoms with van der Waals surface area (Å²) in [6.45, 7) is 11.4. The van der Waals surface area contributed by atoms with Gasteiger partial charge in [0.05, 0.1) is 0 Å². The Bertz CT molecular complexity index is 300. The van der Waals surface area contributed by atoms with Crippen molar-refractivity contribution in [2.24, 2.45) is 0 Å². The molecule has 1 aromatic rings. The van der Waals surface area contributed by atoms with Crippen LogP contribution in [0.4, 0.5) is 0 Å². The predicted octanol–water partition coefficient (Wildman–Crippen LogP) is 5.28. The summed E-state index contributed by atoms with van der Waals surface area (Å²) in [5.41, 5.74) is 3.19. The molecule has 0 radical (unpaired) electrons. The van der Waals surface area contributed by atoms with Crippen LogP contribution in [0.1, 0.15) is 70.9 Å². The van der Waals surface area contributed by atoms with Crippen LogP contribution in [0.5, 0.6) is 0 Å². The molecular formula is C16H26. The van der Waals surface area contributed by atoms with E-state index in [0.29, 0.717) is 5.92 Å². The van der Waals surface area contributed by atoms with Crippen molar-refractivity contribution in [1.82, 2.24) is 0 Å². The zero-order valence-electron chi connectivity index (χ0n) is 11.5. The van der Waals surface area contributed by atoms with Gasteiger partial charge in [-0.05, 0) is 28.9 Å². The average molecular weight is 218 g/mol. The van der Waals surface area contributed by atoms with Crippen molar-refractivity contribution in [2.45, 2.75) is 65.2 Å². The molecule has 0 aromatic heterocycles. The van der Waals surface area contributed by atoms with E-state index in [1.807, 2.05) is 0 Å². The van der Waals surface area contributed by atoms with Gasteiger partial charge in [-0.1, -0.05) is 71.7 Å². The number of rotatable bonds is 4. The third-order valence-corrected chi connectivity index (χ3v) is 3.34. The molecule has 0 aliphatic carbocycles. The minimum absolute atomic E-state index is 0.269. The molecule has 0 fully saturated rings. The van der Waals surface area contributed by atoms with E-state index in [1.165, 1.54) is 30.4 Å². The second-order valence-corrected chi connectivity index (χ2v) is 5.92. The highest BCUT2D eigenvalue weighted by Gasteiger charge is 2.13. The first kappa shape index (κ1) is 13.3. The molecule has 1 rings (SSSR count). The fourth-order valence-corrected chi connectivity index (χ4v) is 1.99. The number of unbranched alkanes of at least 4 members (excludes halogenated alkanes) is 1. The Labute approximate surface area is 101 Å². The molecule has 90 valence electrons. The van der Waals surface area contributed by atoms with E-state index in [0.717, 1.165) is 0 Å². The molecule has 0 heterocycles. The van der Waals surface area contributed by atoms with Crippen molar-refractivity contribution in [3.63, 3.8) is 0 Å². The lowest BCUT2D eigenvalue weighted by molar-refractivity contribution is 0.587. The van der Waals surface area contributed by atoms with Crippen LogP contribution in [-0.2, 0) is 5.41 Å². The standard InChI is InChI=1S/C16H26/c1-6-7-8-13(2)14-9-11-15(12-10-14)16(3,4)5/h9-13H,6-8H2,1-5H3. The molecule has 0 spiro atoms. The molecule has 0 amide bonds. The number of hydrogen-bond donors (Lipinski definition) is 0. The molecular weight excluding hydrogens is 192 g/mol. The van der Waals surface area contributed by atoms with E-state index >= 15 is 0 Å². The van der Waals surface area contributed by atoms with Gasteiger partial charge in [0.15, 0.2) is 0 Å². The predicted molar refractivity (Wildman–Crippen MR) is 73.1 cm³/mol. The monoisotopic (exact) mass is 218 g/mol. The molecule has 0 saturated carbocycles. The Balaban J connectivity index is 2.71. The molecule has 0 aliphatic rings. The quantitative estimate of drug-likeness (QED) is 0.645. The highest BCUT2D eigenvalue weighted by atomic mass is 14.2. The minimum Gasteiger partial charge on any atom is -0.0654 e. The first-order chi connectivity index (χ1) is 7.45. The maximum absolute atomic E-state index is 2.34. The van der Waals surface area contributed by atoms with Gasteiger partial charge < -0.3 is 0 Å². The van der Waals surface area contributed by atoms with Crippen molar-refractivity contribution >= 4 is 0 Å². The van der Waals surface area contributed by atoms with E-state index in [1.54, 1.807) is 0 Å². The van der Waals surface area contributed by atoms with Gasteiger partial charge in [0.1, 0.15) is 0 Å². The second kappa shape index (κ2) is 5.52. The van der Waals surface area contributed by atoms with Crippen LogP contribution in [0.15, 0.2) is 24.3 Å². The third-order valence-electron chi connectivity index (χ3n) is 3.34. The summed E-state index contributed by atoms with van der Waals surface area (Å²) in [6.07, 6.45) is 3.94. The fourth-order valence-electron chi connectivity index (χ4n) is 1.99. The van der Waals surface area contributed by atoms with Gasteiger partial charge >= 0.3 is 0 Å². The fraction of sp³-hybridized carbons (Fsp3) is 0.625. The van der Waals surface area contributed by atoms with Gasteiger partial charge in [0, 0.05) is 0 Å². The Morgan fingerprint density at radius 1 is 1.06 bits per heavy atom.